The highest BCUT2D eigenvalue weighted by Crippen LogP contribution is 2.36. The topological polar surface area (TPSA) is 50.9 Å². The fraction of sp³-hybridized carbons (Fsp3) is 0.714. The van der Waals surface area contributed by atoms with Crippen LogP contribution in [-0.4, -0.2) is 26.7 Å². The largest absolute Gasteiger partial charge is 0.396 e. The van der Waals surface area contributed by atoms with Crippen molar-refractivity contribution >= 4 is 0 Å². The standard InChI is InChI=1S/C7H11N3O/c11-5-6-3-7(4-6)10-2-1-8-9-10/h1-2,6-7,11H,3-5H2. The number of aliphatic hydroxyl groups excluding tert-OH is 1. The van der Waals surface area contributed by atoms with E-state index in [1.54, 1.807) is 6.20 Å². The Morgan fingerprint density at radius 2 is 2.36 bits per heavy atom. The van der Waals surface area contributed by atoms with Gasteiger partial charge in [-0.05, 0) is 18.8 Å². The van der Waals surface area contributed by atoms with E-state index >= 15 is 0 Å². The van der Waals surface area contributed by atoms with Crippen LogP contribution in [0.2, 0.25) is 0 Å². The minimum Gasteiger partial charge on any atom is -0.396 e. The summed E-state index contributed by atoms with van der Waals surface area (Å²) < 4.78 is 1.87. The summed E-state index contributed by atoms with van der Waals surface area (Å²) in [6.07, 6.45) is 5.64. The van der Waals surface area contributed by atoms with E-state index in [4.69, 9.17) is 5.11 Å². The molecule has 11 heavy (non-hydrogen) atoms. The first-order valence-corrected chi connectivity index (χ1v) is 3.87. The molecular formula is C7H11N3O. The van der Waals surface area contributed by atoms with Gasteiger partial charge in [0.1, 0.15) is 0 Å². The first-order valence-electron chi connectivity index (χ1n) is 3.87. The zero-order valence-corrected chi connectivity index (χ0v) is 6.22. The number of aliphatic hydroxyl groups is 1. The molecule has 0 bridgehead atoms. The Bertz CT molecular complexity index is 216. The highest BCUT2D eigenvalue weighted by molar-refractivity contribution is 4.84. The predicted molar refractivity (Wildman–Crippen MR) is 38.9 cm³/mol. The Morgan fingerprint density at radius 1 is 1.55 bits per heavy atom. The van der Waals surface area contributed by atoms with E-state index < -0.39 is 0 Å². The molecule has 4 nitrogen and oxygen atoms in total. The normalized spacial score (nSPS) is 29.9. The van der Waals surface area contributed by atoms with E-state index in [1.165, 1.54) is 0 Å². The highest BCUT2D eigenvalue weighted by Gasteiger charge is 2.29. The van der Waals surface area contributed by atoms with Crippen molar-refractivity contribution in [2.24, 2.45) is 5.92 Å². The fourth-order valence-corrected chi connectivity index (χ4v) is 1.48. The van der Waals surface area contributed by atoms with E-state index in [0.717, 1.165) is 12.8 Å². The van der Waals surface area contributed by atoms with Crippen LogP contribution >= 0.6 is 0 Å². The minimum absolute atomic E-state index is 0.311. The molecule has 1 N–H and O–H groups in total. The second-order valence-electron chi connectivity index (χ2n) is 3.06. The first-order chi connectivity index (χ1) is 5.40. The van der Waals surface area contributed by atoms with Gasteiger partial charge in [0.05, 0.1) is 12.2 Å². The molecule has 0 atom stereocenters. The van der Waals surface area contributed by atoms with Crippen molar-refractivity contribution < 1.29 is 5.11 Å². The molecule has 0 aromatic carbocycles. The summed E-state index contributed by atoms with van der Waals surface area (Å²) in [6, 6.07) is 0.481. The van der Waals surface area contributed by atoms with Crippen molar-refractivity contribution in [2.45, 2.75) is 18.9 Å². The summed E-state index contributed by atoms with van der Waals surface area (Å²) in [5, 5.41) is 16.4. The van der Waals surface area contributed by atoms with E-state index in [9.17, 15) is 0 Å². The average Bonchev–Trinajstić information content (AvgIpc) is 2.37. The van der Waals surface area contributed by atoms with Gasteiger partial charge in [-0.2, -0.15) is 0 Å². The molecule has 0 amide bonds. The van der Waals surface area contributed by atoms with Crippen LogP contribution in [0.25, 0.3) is 0 Å². The molecule has 1 saturated carbocycles. The summed E-state index contributed by atoms with van der Waals surface area (Å²) >= 11 is 0. The van der Waals surface area contributed by atoms with Crippen molar-refractivity contribution in [1.29, 1.82) is 0 Å². The zero-order valence-electron chi connectivity index (χ0n) is 6.22. The van der Waals surface area contributed by atoms with Gasteiger partial charge >= 0.3 is 0 Å². The molecule has 1 aromatic rings. The molecule has 1 aromatic heterocycles. The molecule has 1 fully saturated rings. The Balaban J connectivity index is 1.92. The molecule has 0 radical (unpaired) electrons. The molecule has 1 aliphatic carbocycles. The molecular weight excluding hydrogens is 142 g/mol. The van der Waals surface area contributed by atoms with Gasteiger partial charge < -0.3 is 5.11 Å². The van der Waals surface area contributed by atoms with Crippen LogP contribution in [0.1, 0.15) is 18.9 Å². The molecule has 0 spiro atoms. The van der Waals surface area contributed by atoms with E-state index in [2.05, 4.69) is 10.3 Å². The van der Waals surface area contributed by atoms with E-state index in [-0.39, 0.29) is 0 Å². The van der Waals surface area contributed by atoms with Gasteiger partial charge in [0.15, 0.2) is 0 Å². The molecule has 0 aliphatic heterocycles. The third-order valence-corrected chi connectivity index (χ3v) is 2.28. The second kappa shape index (κ2) is 2.62. The summed E-state index contributed by atoms with van der Waals surface area (Å²) in [5.41, 5.74) is 0. The molecule has 1 heterocycles. The van der Waals surface area contributed by atoms with Crippen molar-refractivity contribution in [3.8, 4) is 0 Å². The van der Waals surface area contributed by atoms with Crippen LogP contribution in [0.15, 0.2) is 12.4 Å². The lowest BCUT2D eigenvalue weighted by atomic mass is 9.81. The molecule has 4 heteroatoms. The Labute approximate surface area is 64.8 Å². The number of nitrogens with zero attached hydrogens (tertiary/aromatic N) is 3. The van der Waals surface area contributed by atoms with Gasteiger partial charge in [0.2, 0.25) is 0 Å². The van der Waals surface area contributed by atoms with Gasteiger partial charge in [-0.3, -0.25) is 0 Å². The lowest BCUT2D eigenvalue weighted by molar-refractivity contribution is 0.104. The van der Waals surface area contributed by atoms with Crippen LogP contribution in [0.3, 0.4) is 0 Å². The quantitative estimate of drug-likeness (QED) is 0.661. The van der Waals surface area contributed by atoms with Gasteiger partial charge in [-0.1, -0.05) is 5.21 Å². The number of rotatable bonds is 2. The Kier molecular flexibility index (Phi) is 1.62. The zero-order chi connectivity index (χ0) is 7.68. The fourth-order valence-electron chi connectivity index (χ4n) is 1.48. The summed E-state index contributed by atoms with van der Waals surface area (Å²) in [7, 11) is 0. The van der Waals surface area contributed by atoms with Crippen LogP contribution in [0.4, 0.5) is 0 Å². The maximum atomic E-state index is 8.76. The Morgan fingerprint density at radius 3 is 2.91 bits per heavy atom. The summed E-state index contributed by atoms with van der Waals surface area (Å²) in [5.74, 6) is 0.490. The van der Waals surface area contributed by atoms with Crippen LogP contribution < -0.4 is 0 Å². The van der Waals surface area contributed by atoms with E-state index in [0.29, 0.717) is 18.6 Å². The first kappa shape index (κ1) is 6.79. The van der Waals surface area contributed by atoms with Crippen LogP contribution in [0.5, 0.6) is 0 Å². The van der Waals surface area contributed by atoms with Crippen molar-refractivity contribution in [3.63, 3.8) is 0 Å². The minimum atomic E-state index is 0.311. The smallest absolute Gasteiger partial charge is 0.0693 e. The molecule has 0 unspecified atom stereocenters. The maximum Gasteiger partial charge on any atom is 0.0693 e. The SMILES string of the molecule is OCC1CC(n2ccnn2)C1. The average molecular weight is 153 g/mol. The van der Waals surface area contributed by atoms with Gasteiger partial charge in [-0.15, -0.1) is 5.10 Å². The lowest BCUT2D eigenvalue weighted by Gasteiger charge is -2.33. The molecule has 2 rings (SSSR count). The predicted octanol–water partition coefficient (Wildman–Crippen LogP) is 0.222. The molecule has 60 valence electrons. The third-order valence-electron chi connectivity index (χ3n) is 2.28. The highest BCUT2D eigenvalue weighted by atomic mass is 16.3. The number of hydrogen-bond acceptors (Lipinski definition) is 3. The van der Waals surface area contributed by atoms with Crippen molar-refractivity contribution in [2.75, 3.05) is 6.61 Å². The van der Waals surface area contributed by atoms with Crippen LogP contribution in [-0.2, 0) is 0 Å². The second-order valence-corrected chi connectivity index (χ2v) is 3.06. The number of aromatic nitrogens is 3. The van der Waals surface area contributed by atoms with Crippen molar-refractivity contribution in [1.82, 2.24) is 15.0 Å². The van der Waals surface area contributed by atoms with Gasteiger partial charge in [-0.25, -0.2) is 4.68 Å². The monoisotopic (exact) mass is 153 g/mol. The van der Waals surface area contributed by atoms with Gasteiger partial charge in [0, 0.05) is 12.8 Å². The maximum absolute atomic E-state index is 8.76. The third kappa shape index (κ3) is 1.14. The van der Waals surface area contributed by atoms with Gasteiger partial charge in [0.25, 0.3) is 0 Å². The summed E-state index contributed by atoms with van der Waals surface area (Å²) in [4.78, 5) is 0. The van der Waals surface area contributed by atoms with E-state index in [1.807, 2.05) is 10.9 Å². The summed E-state index contributed by atoms with van der Waals surface area (Å²) in [6.45, 7) is 0.311. The Hall–Kier alpha value is -0.900. The number of hydrogen-bond donors (Lipinski definition) is 1. The molecule has 0 saturated heterocycles. The lowest BCUT2D eigenvalue weighted by Crippen LogP contribution is -2.29. The van der Waals surface area contributed by atoms with Crippen molar-refractivity contribution in [3.05, 3.63) is 12.4 Å². The van der Waals surface area contributed by atoms with Crippen LogP contribution in [0, 0.1) is 5.92 Å². The molecule has 1 aliphatic rings.